The monoisotopic (exact) mass is 1060 g/mol. The number of nitrogens with zero attached hydrogens (tertiary/aromatic N) is 1. The second-order valence-electron chi connectivity index (χ2n) is 22.4. The fourth-order valence-electron chi connectivity index (χ4n) is 8.96. The molecular weight excluding hydrogens is 936 g/mol. The van der Waals surface area contributed by atoms with E-state index in [1.807, 2.05) is 27.2 Å². The van der Waals surface area contributed by atoms with E-state index in [1.165, 1.54) is 205 Å². The summed E-state index contributed by atoms with van der Waals surface area (Å²) in [6.45, 7) is 4.80. The van der Waals surface area contributed by atoms with Crippen LogP contribution in [0.3, 0.4) is 0 Å². The molecule has 432 valence electrons. The molecule has 0 aromatic heterocycles. The number of carbonyl (C=O) groups excluding carboxylic acids is 1. The van der Waals surface area contributed by atoms with Crippen LogP contribution in [0.15, 0.2) is 72.9 Å². The summed E-state index contributed by atoms with van der Waals surface area (Å²) in [5.74, 6) is -0.190. The summed E-state index contributed by atoms with van der Waals surface area (Å²) in [5.41, 5.74) is 0. The standard InChI is InChI=1S/C65H121N2O6P/c1-6-8-10-12-14-16-18-20-22-24-26-28-29-30-31-32-33-34-35-36-37-39-41-43-45-47-49-51-53-55-57-59-65(69)66-63(62-73-74(70,71)72-61-60-67(3,4)5)64(68)58-56-54-52-50-48-46-44-42-40-38-27-25-23-21-19-17-15-13-11-9-7-2/h18,20,24,26,29-30,40,42,48,50,56,58,63-64,68H,6-17,19,21-23,25,27-28,31-39,41,43-47,49,51-55,57,59-62H2,1-5H3,(H-,66,69,70,71)/p+1/b20-18-,26-24-,30-29-,42-40+,50-48+,58-56+. The van der Waals surface area contributed by atoms with Gasteiger partial charge in [-0.25, -0.2) is 4.57 Å². The van der Waals surface area contributed by atoms with Crippen molar-refractivity contribution in [1.82, 2.24) is 5.32 Å². The quantitative estimate of drug-likeness (QED) is 0.0243. The van der Waals surface area contributed by atoms with Crippen LogP contribution in [-0.4, -0.2) is 73.4 Å². The number of carbonyl (C=O) groups is 1. The first-order valence-electron chi connectivity index (χ1n) is 31.3. The first kappa shape index (κ1) is 71.9. The number of aliphatic hydroxyl groups is 1. The minimum atomic E-state index is -4.36. The molecule has 9 heteroatoms. The van der Waals surface area contributed by atoms with E-state index in [0.29, 0.717) is 17.4 Å². The molecule has 0 saturated carbocycles. The van der Waals surface area contributed by atoms with Crippen molar-refractivity contribution in [2.75, 3.05) is 40.9 Å². The van der Waals surface area contributed by atoms with Crippen LogP contribution < -0.4 is 5.32 Å². The molecule has 0 aromatic carbocycles. The molecule has 0 bridgehead atoms. The van der Waals surface area contributed by atoms with E-state index in [4.69, 9.17) is 9.05 Å². The van der Waals surface area contributed by atoms with Crippen molar-refractivity contribution in [3.8, 4) is 0 Å². The molecule has 0 fully saturated rings. The maximum absolute atomic E-state index is 13.0. The van der Waals surface area contributed by atoms with E-state index in [9.17, 15) is 19.4 Å². The Bertz CT molecular complexity index is 1430. The summed E-state index contributed by atoms with van der Waals surface area (Å²) in [6, 6.07) is -0.873. The third-order valence-corrected chi connectivity index (χ3v) is 14.9. The van der Waals surface area contributed by atoms with Gasteiger partial charge in [-0.15, -0.1) is 0 Å². The van der Waals surface area contributed by atoms with Crippen LogP contribution in [0, 0.1) is 0 Å². The number of phosphoric acid groups is 1. The molecular formula is C65H122N2O6P+. The fourth-order valence-corrected chi connectivity index (χ4v) is 9.70. The molecule has 0 radical (unpaired) electrons. The van der Waals surface area contributed by atoms with Crippen molar-refractivity contribution in [3.63, 3.8) is 0 Å². The molecule has 0 aliphatic carbocycles. The summed E-state index contributed by atoms with van der Waals surface area (Å²) in [5, 5.41) is 13.9. The average Bonchev–Trinajstić information content (AvgIpc) is 3.36. The number of allylic oxidation sites excluding steroid dienone is 11. The third-order valence-electron chi connectivity index (χ3n) is 13.9. The van der Waals surface area contributed by atoms with E-state index in [0.717, 1.165) is 57.8 Å². The van der Waals surface area contributed by atoms with Gasteiger partial charge in [-0.1, -0.05) is 267 Å². The summed E-state index contributed by atoms with van der Waals surface area (Å²) >= 11 is 0. The van der Waals surface area contributed by atoms with Crippen LogP contribution in [0.5, 0.6) is 0 Å². The lowest BCUT2D eigenvalue weighted by Crippen LogP contribution is -2.45. The molecule has 0 aliphatic heterocycles. The summed E-state index contributed by atoms with van der Waals surface area (Å²) < 4.78 is 23.7. The molecule has 74 heavy (non-hydrogen) atoms. The number of likely N-dealkylation sites (N-methyl/N-ethyl adjacent to an activating group) is 1. The summed E-state index contributed by atoms with van der Waals surface area (Å²) in [6.07, 6.45) is 77.4. The van der Waals surface area contributed by atoms with E-state index >= 15 is 0 Å². The summed E-state index contributed by atoms with van der Waals surface area (Å²) in [7, 11) is 1.55. The predicted octanol–water partition coefficient (Wildman–Crippen LogP) is 19.4. The Hall–Kier alpha value is -2.06. The number of quaternary nitrogens is 1. The molecule has 0 spiro atoms. The van der Waals surface area contributed by atoms with Gasteiger partial charge in [-0.2, -0.15) is 0 Å². The molecule has 0 aromatic rings. The van der Waals surface area contributed by atoms with Crippen LogP contribution >= 0.6 is 7.82 Å². The number of amides is 1. The lowest BCUT2D eigenvalue weighted by Gasteiger charge is -2.25. The van der Waals surface area contributed by atoms with Crippen LogP contribution in [-0.2, 0) is 18.4 Å². The molecule has 0 saturated heterocycles. The molecule has 0 aliphatic rings. The van der Waals surface area contributed by atoms with Crippen LogP contribution in [0.1, 0.15) is 284 Å². The second kappa shape index (κ2) is 55.7. The molecule has 8 nitrogen and oxygen atoms in total. The van der Waals surface area contributed by atoms with Crippen molar-refractivity contribution >= 4 is 13.7 Å². The van der Waals surface area contributed by atoms with Gasteiger partial charge in [0, 0.05) is 6.42 Å². The number of aliphatic hydroxyl groups excluding tert-OH is 1. The van der Waals surface area contributed by atoms with Gasteiger partial charge in [0.2, 0.25) is 5.91 Å². The molecule has 0 rings (SSSR count). The molecule has 0 heterocycles. The molecule has 3 atom stereocenters. The average molecular weight is 1060 g/mol. The Morgan fingerprint density at radius 1 is 0.459 bits per heavy atom. The smallest absolute Gasteiger partial charge is 0.387 e. The minimum Gasteiger partial charge on any atom is -0.387 e. The number of unbranched alkanes of at least 4 members (excludes halogenated alkanes) is 34. The zero-order valence-corrected chi connectivity index (χ0v) is 50.2. The number of hydrogen-bond donors (Lipinski definition) is 3. The highest BCUT2D eigenvalue weighted by atomic mass is 31.2. The van der Waals surface area contributed by atoms with Crippen molar-refractivity contribution in [3.05, 3.63) is 72.9 Å². The zero-order valence-electron chi connectivity index (χ0n) is 49.3. The van der Waals surface area contributed by atoms with Crippen LogP contribution in [0.2, 0.25) is 0 Å². The number of nitrogens with one attached hydrogen (secondary N) is 1. The Morgan fingerprint density at radius 3 is 1.18 bits per heavy atom. The van der Waals surface area contributed by atoms with Crippen LogP contribution in [0.4, 0.5) is 0 Å². The van der Waals surface area contributed by atoms with E-state index in [1.54, 1.807) is 6.08 Å². The SMILES string of the molecule is CCCCCCC/C=C\C/C=C\C/C=C\CCCCCCCCCCCCCCCCCCC(=O)NC(COP(=O)(O)OCC[N+](C)(C)C)C(O)/C=C/CC/C=C/CC/C=C/CCCCCCCCCCCCC. The van der Waals surface area contributed by atoms with Gasteiger partial charge in [0.05, 0.1) is 39.9 Å². The summed E-state index contributed by atoms with van der Waals surface area (Å²) in [4.78, 5) is 23.3. The maximum Gasteiger partial charge on any atom is 0.472 e. The Kier molecular flexibility index (Phi) is 54.1. The minimum absolute atomic E-state index is 0.0520. The lowest BCUT2D eigenvalue weighted by atomic mass is 10.0. The lowest BCUT2D eigenvalue weighted by molar-refractivity contribution is -0.870. The van der Waals surface area contributed by atoms with Crippen molar-refractivity contribution in [2.24, 2.45) is 0 Å². The van der Waals surface area contributed by atoms with Gasteiger partial charge in [-0.3, -0.25) is 13.8 Å². The Morgan fingerprint density at radius 2 is 0.784 bits per heavy atom. The van der Waals surface area contributed by atoms with Gasteiger partial charge < -0.3 is 19.8 Å². The largest absolute Gasteiger partial charge is 0.472 e. The normalized spacial score (nSPS) is 14.3. The predicted molar refractivity (Wildman–Crippen MR) is 323 cm³/mol. The van der Waals surface area contributed by atoms with Gasteiger partial charge in [0.15, 0.2) is 0 Å². The van der Waals surface area contributed by atoms with E-state index in [-0.39, 0.29) is 19.1 Å². The van der Waals surface area contributed by atoms with Crippen molar-refractivity contribution < 1.29 is 32.9 Å². The number of rotatable bonds is 57. The highest BCUT2D eigenvalue weighted by molar-refractivity contribution is 7.47. The first-order chi connectivity index (χ1) is 36.0. The van der Waals surface area contributed by atoms with E-state index < -0.39 is 20.0 Å². The van der Waals surface area contributed by atoms with Gasteiger partial charge >= 0.3 is 7.82 Å². The van der Waals surface area contributed by atoms with Crippen molar-refractivity contribution in [1.29, 1.82) is 0 Å². The van der Waals surface area contributed by atoms with Gasteiger partial charge in [-0.05, 0) is 83.5 Å². The zero-order chi connectivity index (χ0) is 54.2. The molecule has 3 N–H and O–H groups in total. The van der Waals surface area contributed by atoms with Gasteiger partial charge in [0.25, 0.3) is 0 Å². The highest BCUT2D eigenvalue weighted by Gasteiger charge is 2.27. The van der Waals surface area contributed by atoms with Crippen LogP contribution in [0.25, 0.3) is 0 Å². The Labute approximate surface area is 459 Å². The molecule has 3 unspecified atom stereocenters. The first-order valence-corrected chi connectivity index (χ1v) is 32.8. The fraction of sp³-hybridized carbons (Fsp3) is 0.800. The number of hydrogen-bond acceptors (Lipinski definition) is 5. The topological polar surface area (TPSA) is 105 Å². The van der Waals surface area contributed by atoms with Gasteiger partial charge in [0.1, 0.15) is 13.2 Å². The highest BCUT2D eigenvalue weighted by Crippen LogP contribution is 2.43. The second-order valence-corrected chi connectivity index (χ2v) is 23.9. The molecule has 1 amide bonds. The third kappa shape index (κ3) is 57.6. The van der Waals surface area contributed by atoms with Crippen molar-refractivity contribution in [2.45, 2.75) is 296 Å². The number of phosphoric ester groups is 1. The maximum atomic E-state index is 13.0. The Balaban J connectivity index is 4.17. The van der Waals surface area contributed by atoms with E-state index in [2.05, 4.69) is 79.9 Å².